The van der Waals surface area contributed by atoms with Gasteiger partial charge in [-0.3, -0.25) is 4.79 Å². The summed E-state index contributed by atoms with van der Waals surface area (Å²) in [5, 5.41) is 14.2. The minimum atomic E-state index is -0.869. The van der Waals surface area contributed by atoms with Gasteiger partial charge in [-0.15, -0.1) is 6.58 Å². The Balaban J connectivity index is 3.95. The Morgan fingerprint density at radius 1 is 1.47 bits per heavy atom. The van der Waals surface area contributed by atoms with Crippen LogP contribution in [0.15, 0.2) is 12.7 Å². The molecule has 0 aromatic carbocycles. The maximum atomic E-state index is 11.4. The highest BCUT2D eigenvalue weighted by Crippen LogP contribution is 2.04. The van der Waals surface area contributed by atoms with Gasteiger partial charge in [-0.05, 0) is 19.8 Å². The van der Waals surface area contributed by atoms with Crippen LogP contribution in [-0.2, 0) is 4.79 Å². The summed E-state index contributed by atoms with van der Waals surface area (Å²) in [6.45, 7) is 7.52. The molecule has 0 radical (unpaired) electrons. The topological polar surface area (TPSA) is 78.4 Å². The molecule has 2 unspecified atom stereocenters. The van der Waals surface area contributed by atoms with Gasteiger partial charge >= 0.3 is 12.0 Å². The van der Waals surface area contributed by atoms with Gasteiger partial charge in [0.15, 0.2) is 0 Å². The number of carboxylic acids is 1. The quantitative estimate of drug-likeness (QED) is 0.567. The first-order chi connectivity index (χ1) is 8.01. The number of rotatable bonds is 8. The number of hydrogen-bond acceptors (Lipinski definition) is 2. The molecule has 0 aromatic rings. The smallest absolute Gasteiger partial charge is 0.315 e. The predicted octanol–water partition coefficient (Wildman–Crippen LogP) is 1.75. The van der Waals surface area contributed by atoms with Crippen molar-refractivity contribution in [2.75, 3.05) is 6.54 Å². The van der Waals surface area contributed by atoms with Crippen LogP contribution in [0.4, 0.5) is 4.79 Å². The number of urea groups is 1. The number of nitrogens with one attached hydrogen (secondary N) is 2. The number of carbonyl (C=O) groups excluding carboxylic acids is 1. The minimum absolute atomic E-state index is 0.00181. The molecule has 0 aromatic heterocycles. The lowest BCUT2D eigenvalue weighted by Gasteiger charge is -2.15. The fourth-order valence-electron chi connectivity index (χ4n) is 1.46. The molecular formula is C12H22N2O3. The number of carbonyl (C=O) groups is 2. The molecule has 0 saturated heterocycles. The van der Waals surface area contributed by atoms with Crippen LogP contribution < -0.4 is 10.6 Å². The molecule has 0 spiro atoms. The third-order valence-corrected chi connectivity index (χ3v) is 2.39. The summed E-state index contributed by atoms with van der Waals surface area (Å²) < 4.78 is 0. The van der Waals surface area contributed by atoms with Crippen molar-refractivity contribution in [2.45, 2.75) is 39.2 Å². The van der Waals surface area contributed by atoms with Crippen LogP contribution in [-0.4, -0.2) is 29.7 Å². The van der Waals surface area contributed by atoms with Gasteiger partial charge in [0, 0.05) is 12.6 Å². The number of hydrogen-bond donors (Lipinski definition) is 3. The molecule has 0 aliphatic carbocycles. The highest BCUT2D eigenvalue weighted by molar-refractivity contribution is 5.76. The molecular weight excluding hydrogens is 220 g/mol. The van der Waals surface area contributed by atoms with Crippen molar-refractivity contribution in [3.8, 4) is 0 Å². The van der Waals surface area contributed by atoms with Gasteiger partial charge in [-0.2, -0.15) is 0 Å². The molecule has 0 bridgehead atoms. The van der Waals surface area contributed by atoms with Crippen LogP contribution >= 0.6 is 0 Å². The number of aliphatic carboxylic acids is 1. The van der Waals surface area contributed by atoms with Crippen LogP contribution in [0.25, 0.3) is 0 Å². The summed E-state index contributed by atoms with van der Waals surface area (Å²) >= 11 is 0. The summed E-state index contributed by atoms with van der Waals surface area (Å²) in [5.41, 5.74) is 0. The molecule has 2 amide bonds. The molecule has 2 atom stereocenters. The van der Waals surface area contributed by atoms with Gasteiger partial charge in [-0.25, -0.2) is 4.79 Å². The molecule has 3 N–H and O–H groups in total. The normalized spacial score (nSPS) is 13.5. The third-order valence-electron chi connectivity index (χ3n) is 2.39. The van der Waals surface area contributed by atoms with E-state index in [-0.39, 0.29) is 18.6 Å². The Morgan fingerprint density at radius 2 is 2.12 bits per heavy atom. The lowest BCUT2D eigenvalue weighted by molar-refractivity contribution is -0.141. The van der Waals surface area contributed by atoms with Gasteiger partial charge in [0.2, 0.25) is 0 Å². The molecule has 0 aliphatic rings. The first-order valence-electron chi connectivity index (χ1n) is 5.89. The van der Waals surface area contributed by atoms with Crippen LogP contribution in [0.2, 0.25) is 0 Å². The van der Waals surface area contributed by atoms with Crippen LogP contribution in [0, 0.1) is 5.92 Å². The Hall–Kier alpha value is -1.52. The van der Waals surface area contributed by atoms with Crippen molar-refractivity contribution in [1.82, 2.24) is 10.6 Å². The highest BCUT2D eigenvalue weighted by atomic mass is 16.4. The van der Waals surface area contributed by atoms with E-state index >= 15 is 0 Å². The van der Waals surface area contributed by atoms with Crippen molar-refractivity contribution in [3.05, 3.63) is 12.7 Å². The van der Waals surface area contributed by atoms with Crippen molar-refractivity contribution in [3.63, 3.8) is 0 Å². The zero-order valence-corrected chi connectivity index (χ0v) is 10.5. The average molecular weight is 242 g/mol. The van der Waals surface area contributed by atoms with Crippen LogP contribution in [0.5, 0.6) is 0 Å². The van der Waals surface area contributed by atoms with E-state index in [2.05, 4.69) is 17.2 Å². The molecule has 17 heavy (non-hydrogen) atoms. The van der Waals surface area contributed by atoms with Crippen LogP contribution in [0.3, 0.4) is 0 Å². The van der Waals surface area contributed by atoms with E-state index in [1.165, 1.54) is 0 Å². The fraction of sp³-hybridized carbons (Fsp3) is 0.667. The van der Waals surface area contributed by atoms with E-state index in [4.69, 9.17) is 5.11 Å². The molecule has 0 aliphatic heterocycles. The first-order valence-corrected chi connectivity index (χ1v) is 5.89. The molecule has 5 heteroatoms. The summed E-state index contributed by atoms with van der Waals surface area (Å²) in [7, 11) is 0. The van der Waals surface area contributed by atoms with Crippen molar-refractivity contribution in [1.29, 1.82) is 0 Å². The maximum absolute atomic E-state index is 11.4. The molecule has 0 saturated carbocycles. The van der Waals surface area contributed by atoms with E-state index in [0.717, 1.165) is 6.42 Å². The summed E-state index contributed by atoms with van der Waals surface area (Å²) in [4.78, 5) is 22.3. The molecule has 5 nitrogen and oxygen atoms in total. The predicted molar refractivity (Wildman–Crippen MR) is 66.8 cm³/mol. The van der Waals surface area contributed by atoms with Crippen molar-refractivity contribution in [2.24, 2.45) is 5.92 Å². The SMILES string of the molecule is C=CCC(C)NC(=O)NCC(CCC)C(=O)O. The van der Waals surface area contributed by atoms with Gasteiger partial charge in [0.25, 0.3) is 0 Å². The van der Waals surface area contributed by atoms with E-state index in [0.29, 0.717) is 12.8 Å². The van der Waals surface area contributed by atoms with E-state index < -0.39 is 11.9 Å². The zero-order chi connectivity index (χ0) is 13.3. The van der Waals surface area contributed by atoms with Gasteiger partial charge in [-0.1, -0.05) is 19.4 Å². The maximum Gasteiger partial charge on any atom is 0.315 e. The van der Waals surface area contributed by atoms with E-state index in [1.54, 1.807) is 6.08 Å². The standard InChI is InChI=1S/C12H22N2O3/c1-4-6-9(3)14-12(17)13-8-10(7-5-2)11(15)16/h4,9-10H,1,5-8H2,2-3H3,(H,15,16)(H2,13,14,17). The monoisotopic (exact) mass is 242 g/mol. The zero-order valence-electron chi connectivity index (χ0n) is 10.5. The van der Waals surface area contributed by atoms with Gasteiger partial charge in [0.05, 0.1) is 5.92 Å². The average Bonchev–Trinajstić information content (AvgIpc) is 2.23. The summed E-state index contributed by atoms with van der Waals surface area (Å²) in [5.74, 6) is -1.38. The molecule has 98 valence electrons. The summed E-state index contributed by atoms with van der Waals surface area (Å²) in [6.07, 6.45) is 3.76. The van der Waals surface area contributed by atoms with Gasteiger partial charge in [0.1, 0.15) is 0 Å². The largest absolute Gasteiger partial charge is 0.481 e. The number of amides is 2. The van der Waals surface area contributed by atoms with E-state index in [9.17, 15) is 9.59 Å². The molecule has 0 rings (SSSR count). The second-order valence-electron chi connectivity index (χ2n) is 4.10. The summed E-state index contributed by atoms with van der Waals surface area (Å²) in [6, 6.07) is -0.330. The van der Waals surface area contributed by atoms with E-state index in [1.807, 2.05) is 13.8 Å². The third kappa shape index (κ3) is 7.38. The fourth-order valence-corrected chi connectivity index (χ4v) is 1.46. The van der Waals surface area contributed by atoms with Crippen molar-refractivity contribution < 1.29 is 14.7 Å². The minimum Gasteiger partial charge on any atom is -0.481 e. The lowest BCUT2D eigenvalue weighted by atomic mass is 10.0. The first kappa shape index (κ1) is 15.5. The second-order valence-corrected chi connectivity index (χ2v) is 4.10. The molecule has 0 fully saturated rings. The van der Waals surface area contributed by atoms with Crippen LogP contribution in [0.1, 0.15) is 33.1 Å². The molecule has 0 heterocycles. The second kappa shape index (κ2) is 8.61. The Kier molecular flexibility index (Phi) is 7.84. The number of carboxylic acid groups (broad SMARTS) is 1. The Labute approximate surface area is 102 Å². The van der Waals surface area contributed by atoms with Gasteiger partial charge < -0.3 is 15.7 Å². The Morgan fingerprint density at radius 3 is 2.59 bits per heavy atom. The highest BCUT2D eigenvalue weighted by Gasteiger charge is 2.17. The lowest BCUT2D eigenvalue weighted by Crippen LogP contribution is -2.43. The van der Waals surface area contributed by atoms with Crippen molar-refractivity contribution >= 4 is 12.0 Å². The Bertz CT molecular complexity index is 266.